The molecule has 0 unspecified atom stereocenters. The lowest BCUT2D eigenvalue weighted by Gasteiger charge is -2.06. The van der Waals surface area contributed by atoms with Crippen molar-refractivity contribution < 1.29 is 4.74 Å². The van der Waals surface area contributed by atoms with E-state index in [1.165, 1.54) is 0 Å². The van der Waals surface area contributed by atoms with Crippen molar-refractivity contribution >= 4 is 35.2 Å². The molecular weight excluding hydrogens is 352 g/mol. The summed E-state index contributed by atoms with van der Waals surface area (Å²) in [5.41, 5.74) is 12.4. The van der Waals surface area contributed by atoms with Crippen LogP contribution in [0.1, 0.15) is 11.1 Å². The van der Waals surface area contributed by atoms with Crippen LogP contribution in [0.3, 0.4) is 0 Å². The predicted octanol–water partition coefficient (Wildman–Crippen LogP) is 3.16. The molecule has 0 amide bonds. The lowest BCUT2D eigenvalue weighted by atomic mass is 10.2. The summed E-state index contributed by atoms with van der Waals surface area (Å²) in [4.78, 5) is 2.29. The first-order valence-electron chi connectivity index (χ1n) is 7.78. The highest BCUT2D eigenvalue weighted by Gasteiger charge is 2.00. The van der Waals surface area contributed by atoms with Gasteiger partial charge in [-0.2, -0.15) is 0 Å². The second kappa shape index (κ2) is 10.1. The minimum absolute atomic E-state index is 0.0910. The van der Waals surface area contributed by atoms with Crippen molar-refractivity contribution in [3.63, 3.8) is 0 Å². The molecule has 0 saturated carbocycles. The van der Waals surface area contributed by atoms with Crippen LogP contribution < -0.4 is 11.5 Å². The molecule has 0 aliphatic carbocycles. The largest absolute Gasteiger partial charge is 0.384 e. The SMILES string of the molecule is N=C(N)c1ccc(SCCOCCSc2ccc(C(=N)N)cc2)cc1. The fraction of sp³-hybridized carbons (Fsp3) is 0.222. The molecule has 0 radical (unpaired) electrons. The Morgan fingerprint density at radius 3 is 1.40 bits per heavy atom. The molecule has 2 aromatic rings. The highest BCUT2D eigenvalue weighted by molar-refractivity contribution is 7.99. The highest BCUT2D eigenvalue weighted by Crippen LogP contribution is 2.19. The van der Waals surface area contributed by atoms with E-state index in [0.717, 1.165) is 32.4 Å². The van der Waals surface area contributed by atoms with Gasteiger partial charge in [0.25, 0.3) is 0 Å². The first kappa shape index (κ1) is 19.4. The monoisotopic (exact) mass is 374 g/mol. The van der Waals surface area contributed by atoms with Gasteiger partial charge < -0.3 is 16.2 Å². The normalized spacial score (nSPS) is 10.6. The third-order valence-electron chi connectivity index (χ3n) is 3.32. The van der Waals surface area contributed by atoms with E-state index in [9.17, 15) is 0 Å². The molecule has 5 nitrogen and oxygen atoms in total. The fourth-order valence-electron chi connectivity index (χ4n) is 2.00. The van der Waals surface area contributed by atoms with Crippen molar-refractivity contribution in [1.82, 2.24) is 0 Å². The van der Waals surface area contributed by atoms with Crippen LogP contribution in [-0.2, 0) is 4.74 Å². The van der Waals surface area contributed by atoms with E-state index >= 15 is 0 Å². The van der Waals surface area contributed by atoms with Crippen LogP contribution >= 0.6 is 23.5 Å². The van der Waals surface area contributed by atoms with E-state index < -0.39 is 0 Å². The fourth-order valence-corrected chi connectivity index (χ4v) is 3.53. The number of rotatable bonds is 10. The number of amidine groups is 2. The molecule has 0 aliphatic heterocycles. The molecule has 0 aliphatic rings. The molecule has 25 heavy (non-hydrogen) atoms. The van der Waals surface area contributed by atoms with Gasteiger partial charge >= 0.3 is 0 Å². The number of hydrogen-bond donors (Lipinski definition) is 4. The minimum Gasteiger partial charge on any atom is -0.384 e. The van der Waals surface area contributed by atoms with E-state index in [1.807, 2.05) is 48.5 Å². The van der Waals surface area contributed by atoms with Crippen molar-refractivity contribution in [2.75, 3.05) is 24.7 Å². The van der Waals surface area contributed by atoms with Gasteiger partial charge in [0.05, 0.1) is 13.2 Å². The van der Waals surface area contributed by atoms with Gasteiger partial charge in [0.1, 0.15) is 11.7 Å². The number of nitrogens with two attached hydrogens (primary N) is 2. The second-order valence-electron chi connectivity index (χ2n) is 5.19. The van der Waals surface area contributed by atoms with E-state index in [0.29, 0.717) is 13.2 Å². The molecule has 7 heteroatoms. The van der Waals surface area contributed by atoms with Crippen LogP contribution in [0.25, 0.3) is 0 Å². The van der Waals surface area contributed by atoms with Gasteiger partial charge in [-0.3, -0.25) is 10.8 Å². The molecule has 2 rings (SSSR count). The first-order chi connectivity index (χ1) is 12.1. The zero-order valence-electron chi connectivity index (χ0n) is 13.8. The molecule has 0 fully saturated rings. The quantitative estimate of drug-likeness (QED) is 0.221. The maximum atomic E-state index is 7.36. The summed E-state index contributed by atoms with van der Waals surface area (Å²) in [5, 5.41) is 14.7. The van der Waals surface area contributed by atoms with Gasteiger partial charge in [0.15, 0.2) is 0 Å². The first-order valence-corrected chi connectivity index (χ1v) is 9.75. The van der Waals surface area contributed by atoms with Crippen LogP contribution in [0.4, 0.5) is 0 Å². The number of benzene rings is 2. The predicted molar refractivity (Wildman–Crippen MR) is 107 cm³/mol. The average Bonchev–Trinajstić information content (AvgIpc) is 2.61. The topological polar surface area (TPSA) is 109 Å². The molecule has 6 N–H and O–H groups in total. The molecule has 0 saturated heterocycles. The van der Waals surface area contributed by atoms with Crippen LogP contribution in [0.5, 0.6) is 0 Å². The second-order valence-corrected chi connectivity index (χ2v) is 7.52. The maximum absolute atomic E-state index is 7.36. The number of thioether (sulfide) groups is 2. The summed E-state index contributed by atoms with van der Waals surface area (Å²) < 4.78 is 5.65. The summed E-state index contributed by atoms with van der Waals surface area (Å²) >= 11 is 3.45. The van der Waals surface area contributed by atoms with Gasteiger partial charge in [-0.05, 0) is 24.3 Å². The molecule has 0 spiro atoms. The van der Waals surface area contributed by atoms with Crippen molar-refractivity contribution in [1.29, 1.82) is 10.8 Å². The lowest BCUT2D eigenvalue weighted by molar-refractivity contribution is 0.167. The number of nitrogens with one attached hydrogen (secondary N) is 2. The van der Waals surface area contributed by atoms with Crippen molar-refractivity contribution in [3.8, 4) is 0 Å². The van der Waals surface area contributed by atoms with E-state index in [1.54, 1.807) is 23.5 Å². The van der Waals surface area contributed by atoms with Crippen LogP contribution in [-0.4, -0.2) is 36.4 Å². The molecule has 0 bridgehead atoms. The Kier molecular flexibility index (Phi) is 7.84. The Bertz CT molecular complexity index is 641. The summed E-state index contributed by atoms with van der Waals surface area (Å²) in [6.45, 7) is 1.39. The highest BCUT2D eigenvalue weighted by atomic mass is 32.2. The zero-order valence-corrected chi connectivity index (χ0v) is 15.5. The standard InChI is InChI=1S/C18H22N4OS2/c19-17(20)13-1-5-15(6-2-13)24-11-9-23-10-12-25-16-7-3-14(4-8-16)18(21)22/h1-8H,9-12H2,(H3,19,20)(H3,21,22). The third kappa shape index (κ3) is 6.81. The Balaban J connectivity index is 1.57. The summed E-state index contributed by atoms with van der Waals surface area (Å²) in [7, 11) is 0. The summed E-state index contributed by atoms with van der Waals surface area (Å²) in [6, 6.07) is 15.3. The molecule has 0 heterocycles. The Hall–Kier alpha value is -1.96. The van der Waals surface area contributed by atoms with Crippen LogP contribution in [0.2, 0.25) is 0 Å². The zero-order chi connectivity index (χ0) is 18.1. The number of nitrogen functional groups attached to an aromatic ring is 2. The third-order valence-corrected chi connectivity index (χ3v) is 5.28. The molecule has 2 aromatic carbocycles. The van der Waals surface area contributed by atoms with Crippen LogP contribution in [0.15, 0.2) is 58.3 Å². The van der Waals surface area contributed by atoms with Gasteiger partial charge in [0.2, 0.25) is 0 Å². The Labute approximate surface area is 156 Å². The molecule has 0 atom stereocenters. The summed E-state index contributed by atoms with van der Waals surface area (Å²) in [6.07, 6.45) is 0. The van der Waals surface area contributed by atoms with E-state index in [2.05, 4.69) is 0 Å². The Morgan fingerprint density at radius 2 is 1.08 bits per heavy atom. The van der Waals surface area contributed by atoms with Gasteiger partial charge in [-0.15, -0.1) is 23.5 Å². The minimum atomic E-state index is 0.0910. The van der Waals surface area contributed by atoms with Crippen molar-refractivity contribution in [2.24, 2.45) is 11.5 Å². The lowest BCUT2D eigenvalue weighted by Crippen LogP contribution is -2.10. The van der Waals surface area contributed by atoms with E-state index in [-0.39, 0.29) is 11.7 Å². The van der Waals surface area contributed by atoms with E-state index in [4.69, 9.17) is 27.0 Å². The number of hydrogen-bond acceptors (Lipinski definition) is 5. The molecule has 0 aromatic heterocycles. The summed E-state index contributed by atoms with van der Waals surface area (Å²) in [5.74, 6) is 1.95. The smallest absolute Gasteiger partial charge is 0.122 e. The molecular formula is C18H22N4OS2. The van der Waals surface area contributed by atoms with Gasteiger partial charge in [0, 0.05) is 32.4 Å². The average molecular weight is 375 g/mol. The van der Waals surface area contributed by atoms with Crippen molar-refractivity contribution in [2.45, 2.75) is 9.79 Å². The maximum Gasteiger partial charge on any atom is 0.122 e. The molecule has 132 valence electrons. The van der Waals surface area contributed by atoms with Crippen LogP contribution in [0, 0.1) is 10.8 Å². The van der Waals surface area contributed by atoms with Gasteiger partial charge in [-0.1, -0.05) is 24.3 Å². The van der Waals surface area contributed by atoms with Gasteiger partial charge in [-0.25, -0.2) is 0 Å². The Morgan fingerprint density at radius 1 is 0.720 bits per heavy atom. The number of ether oxygens (including phenoxy) is 1. The van der Waals surface area contributed by atoms with Crippen molar-refractivity contribution in [3.05, 3.63) is 59.7 Å².